The molecule has 0 saturated heterocycles. The molecule has 0 radical (unpaired) electrons. The van der Waals surface area contributed by atoms with Gasteiger partial charge in [-0.3, -0.25) is 0 Å². The summed E-state index contributed by atoms with van der Waals surface area (Å²) in [6.07, 6.45) is 1.64. The third-order valence-corrected chi connectivity index (χ3v) is 2.91. The molecule has 0 fully saturated rings. The van der Waals surface area contributed by atoms with Crippen LogP contribution in [0.4, 0.5) is 0 Å². The molecule has 1 aromatic carbocycles. The van der Waals surface area contributed by atoms with Gasteiger partial charge in [0.1, 0.15) is 0 Å². The Balaban J connectivity index is 2.64. The van der Waals surface area contributed by atoms with E-state index in [0.29, 0.717) is 5.75 Å². The SMILES string of the molecule is COc1cc(C(C)(C)CO)cc2ccoc12. The molecular formula is C13H16O3. The van der Waals surface area contributed by atoms with Crippen LogP contribution in [0.3, 0.4) is 0 Å². The van der Waals surface area contributed by atoms with Crippen LogP contribution in [-0.2, 0) is 5.41 Å². The standard InChI is InChI=1S/C13H16O3/c1-13(2,8-14)10-6-9-4-5-16-12(9)11(7-10)15-3/h4-7,14H,8H2,1-3H3. The summed E-state index contributed by atoms with van der Waals surface area (Å²) in [6, 6.07) is 5.84. The fraction of sp³-hybridized carbons (Fsp3) is 0.385. The Kier molecular flexibility index (Phi) is 2.64. The first-order valence-corrected chi connectivity index (χ1v) is 5.25. The lowest BCUT2D eigenvalue weighted by atomic mass is 9.85. The van der Waals surface area contributed by atoms with Crippen LogP contribution >= 0.6 is 0 Å². The number of hydrogen-bond donors (Lipinski definition) is 1. The van der Waals surface area contributed by atoms with Gasteiger partial charge in [0.25, 0.3) is 0 Å². The summed E-state index contributed by atoms with van der Waals surface area (Å²) >= 11 is 0. The van der Waals surface area contributed by atoms with Crippen LogP contribution in [-0.4, -0.2) is 18.8 Å². The van der Waals surface area contributed by atoms with Gasteiger partial charge in [-0.1, -0.05) is 13.8 Å². The van der Waals surface area contributed by atoms with Crippen molar-refractivity contribution in [2.45, 2.75) is 19.3 Å². The Hall–Kier alpha value is -1.48. The summed E-state index contributed by atoms with van der Waals surface area (Å²) in [5.41, 5.74) is 1.51. The van der Waals surface area contributed by atoms with E-state index in [2.05, 4.69) is 0 Å². The second kappa shape index (κ2) is 3.83. The average molecular weight is 220 g/mol. The monoisotopic (exact) mass is 220 g/mol. The first-order valence-electron chi connectivity index (χ1n) is 5.25. The molecule has 16 heavy (non-hydrogen) atoms. The van der Waals surface area contributed by atoms with Crippen LogP contribution in [0, 0.1) is 0 Å². The van der Waals surface area contributed by atoms with Gasteiger partial charge in [-0.15, -0.1) is 0 Å². The molecule has 0 bridgehead atoms. The van der Waals surface area contributed by atoms with Gasteiger partial charge in [-0.2, -0.15) is 0 Å². The third kappa shape index (κ3) is 1.67. The Labute approximate surface area is 94.6 Å². The molecule has 2 aromatic rings. The summed E-state index contributed by atoms with van der Waals surface area (Å²) in [7, 11) is 1.62. The maximum Gasteiger partial charge on any atom is 0.175 e. The highest BCUT2D eigenvalue weighted by Gasteiger charge is 2.21. The zero-order valence-corrected chi connectivity index (χ0v) is 9.78. The van der Waals surface area contributed by atoms with E-state index in [4.69, 9.17) is 9.15 Å². The van der Waals surface area contributed by atoms with Gasteiger partial charge in [0.2, 0.25) is 0 Å². The molecular weight excluding hydrogens is 204 g/mol. The first kappa shape index (κ1) is 11.0. The van der Waals surface area contributed by atoms with Crippen LogP contribution in [0.5, 0.6) is 5.75 Å². The molecule has 1 aromatic heterocycles. The molecule has 1 heterocycles. The summed E-state index contributed by atoms with van der Waals surface area (Å²) in [4.78, 5) is 0. The fourth-order valence-corrected chi connectivity index (χ4v) is 1.68. The molecule has 0 aliphatic rings. The van der Waals surface area contributed by atoms with Gasteiger partial charge in [-0.25, -0.2) is 0 Å². The number of rotatable bonds is 3. The average Bonchev–Trinajstić information content (AvgIpc) is 2.75. The molecule has 3 nitrogen and oxygen atoms in total. The second-order valence-corrected chi connectivity index (χ2v) is 4.56. The minimum Gasteiger partial charge on any atom is -0.493 e. The summed E-state index contributed by atoms with van der Waals surface area (Å²) in [5, 5.41) is 10.4. The van der Waals surface area contributed by atoms with Crippen LogP contribution in [0.25, 0.3) is 11.0 Å². The highest BCUT2D eigenvalue weighted by Crippen LogP contribution is 2.33. The Morgan fingerprint density at radius 3 is 2.75 bits per heavy atom. The van der Waals surface area contributed by atoms with E-state index < -0.39 is 0 Å². The summed E-state index contributed by atoms with van der Waals surface area (Å²) in [6.45, 7) is 4.08. The maximum atomic E-state index is 9.37. The van der Waals surface area contributed by atoms with E-state index in [1.54, 1.807) is 13.4 Å². The van der Waals surface area contributed by atoms with Crippen LogP contribution in [0.1, 0.15) is 19.4 Å². The van der Waals surface area contributed by atoms with E-state index in [-0.39, 0.29) is 12.0 Å². The highest BCUT2D eigenvalue weighted by molar-refractivity contribution is 5.84. The first-order chi connectivity index (χ1) is 7.58. The molecule has 0 aliphatic heterocycles. The molecule has 0 unspecified atom stereocenters. The third-order valence-electron chi connectivity index (χ3n) is 2.91. The van der Waals surface area contributed by atoms with Gasteiger partial charge in [-0.05, 0) is 23.8 Å². The summed E-state index contributed by atoms with van der Waals surface area (Å²) < 4.78 is 10.6. The molecule has 0 spiro atoms. The van der Waals surface area contributed by atoms with E-state index in [9.17, 15) is 5.11 Å². The maximum absolute atomic E-state index is 9.37. The number of ether oxygens (including phenoxy) is 1. The number of furan rings is 1. The zero-order valence-electron chi connectivity index (χ0n) is 9.78. The molecule has 0 atom stereocenters. The minimum atomic E-state index is -0.279. The highest BCUT2D eigenvalue weighted by atomic mass is 16.5. The molecule has 2 rings (SSSR count). The Morgan fingerprint density at radius 2 is 2.12 bits per heavy atom. The van der Waals surface area contributed by atoms with Gasteiger partial charge in [0, 0.05) is 10.8 Å². The van der Waals surface area contributed by atoms with Crippen molar-refractivity contribution in [1.82, 2.24) is 0 Å². The number of aliphatic hydroxyl groups is 1. The van der Waals surface area contributed by atoms with Gasteiger partial charge in [0.15, 0.2) is 11.3 Å². The van der Waals surface area contributed by atoms with Crippen molar-refractivity contribution in [2.75, 3.05) is 13.7 Å². The topological polar surface area (TPSA) is 42.6 Å². The van der Waals surface area contributed by atoms with Crippen molar-refractivity contribution in [3.8, 4) is 5.75 Å². The molecule has 0 amide bonds. The van der Waals surface area contributed by atoms with Crippen molar-refractivity contribution < 1.29 is 14.3 Å². The van der Waals surface area contributed by atoms with Crippen LogP contribution in [0.15, 0.2) is 28.9 Å². The van der Waals surface area contributed by atoms with E-state index in [1.165, 1.54) is 0 Å². The molecule has 3 heteroatoms. The predicted molar refractivity (Wildman–Crippen MR) is 62.9 cm³/mol. The lowest BCUT2D eigenvalue weighted by molar-refractivity contribution is 0.218. The van der Waals surface area contributed by atoms with Gasteiger partial charge < -0.3 is 14.3 Å². The quantitative estimate of drug-likeness (QED) is 0.864. The summed E-state index contributed by atoms with van der Waals surface area (Å²) in [5.74, 6) is 0.707. The molecule has 86 valence electrons. The normalized spacial score (nSPS) is 12.0. The number of hydrogen-bond acceptors (Lipinski definition) is 3. The fourth-order valence-electron chi connectivity index (χ4n) is 1.68. The van der Waals surface area contributed by atoms with Crippen molar-refractivity contribution in [2.24, 2.45) is 0 Å². The molecule has 0 saturated carbocycles. The van der Waals surface area contributed by atoms with Crippen molar-refractivity contribution in [3.05, 3.63) is 30.0 Å². The number of fused-ring (bicyclic) bond motifs is 1. The van der Waals surface area contributed by atoms with E-state index in [1.807, 2.05) is 32.0 Å². The largest absolute Gasteiger partial charge is 0.493 e. The van der Waals surface area contributed by atoms with Gasteiger partial charge >= 0.3 is 0 Å². The Morgan fingerprint density at radius 1 is 1.38 bits per heavy atom. The second-order valence-electron chi connectivity index (χ2n) is 4.56. The van der Waals surface area contributed by atoms with Crippen LogP contribution < -0.4 is 4.74 Å². The smallest absolute Gasteiger partial charge is 0.175 e. The number of benzene rings is 1. The lowest BCUT2D eigenvalue weighted by Gasteiger charge is -2.22. The predicted octanol–water partition coefficient (Wildman–Crippen LogP) is 2.71. The molecule has 0 aliphatic carbocycles. The Bertz CT molecular complexity index is 497. The minimum absolute atomic E-state index is 0.0967. The molecule has 1 N–H and O–H groups in total. The van der Waals surface area contributed by atoms with Crippen molar-refractivity contribution in [1.29, 1.82) is 0 Å². The zero-order chi connectivity index (χ0) is 11.8. The van der Waals surface area contributed by atoms with Crippen molar-refractivity contribution >= 4 is 11.0 Å². The van der Waals surface area contributed by atoms with E-state index in [0.717, 1.165) is 16.5 Å². The van der Waals surface area contributed by atoms with E-state index >= 15 is 0 Å². The van der Waals surface area contributed by atoms with Gasteiger partial charge in [0.05, 0.1) is 20.0 Å². The number of aliphatic hydroxyl groups excluding tert-OH is 1. The lowest BCUT2D eigenvalue weighted by Crippen LogP contribution is -2.21. The van der Waals surface area contributed by atoms with Crippen molar-refractivity contribution in [3.63, 3.8) is 0 Å². The van der Waals surface area contributed by atoms with Crippen LogP contribution in [0.2, 0.25) is 0 Å². The number of methoxy groups -OCH3 is 1.